The molecule has 0 atom stereocenters. The lowest BCUT2D eigenvalue weighted by atomic mass is 10.3. The highest BCUT2D eigenvalue weighted by Gasteiger charge is 2.19. The average molecular weight is 318 g/mol. The number of rotatable bonds is 3. The van der Waals surface area contributed by atoms with E-state index < -0.39 is 10.0 Å². The van der Waals surface area contributed by atoms with Gasteiger partial charge in [0.05, 0.1) is 5.02 Å². The van der Waals surface area contributed by atoms with Gasteiger partial charge in [0.25, 0.3) is 10.0 Å². The predicted molar refractivity (Wildman–Crippen MR) is 75.9 cm³/mol. The maximum Gasteiger partial charge on any atom is 0.264 e. The molecule has 5 nitrogen and oxygen atoms in total. The zero-order chi connectivity index (χ0) is 14.0. The number of sulfonamides is 1. The fourth-order valence-electron chi connectivity index (χ4n) is 1.38. The van der Waals surface area contributed by atoms with Gasteiger partial charge in [-0.05, 0) is 30.3 Å². The van der Waals surface area contributed by atoms with Crippen molar-refractivity contribution in [2.75, 3.05) is 10.5 Å². The van der Waals surface area contributed by atoms with Crippen LogP contribution in [0, 0.1) is 0 Å². The van der Waals surface area contributed by atoms with Crippen LogP contribution in [0.3, 0.4) is 0 Å². The molecule has 0 fully saturated rings. The summed E-state index contributed by atoms with van der Waals surface area (Å²) in [5.74, 6) is 0.103. The van der Waals surface area contributed by atoms with Gasteiger partial charge in [-0.1, -0.05) is 29.3 Å². The Bertz CT molecular complexity index is 720. The number of benzene rings is 1. The first-order chi connectivity index (χ1) is 8.88. The van der Waals surface area contributed by atoms with Crippen LogP contribution in [0.5, 0.6) is 0 Å². The van der Waals surface area contributed by atoms with E-state index in [1.54, 1.807) is 6.07 Å². The minimum Gasteiger partial charge on any atom is -0.399 e. The quantitative estimate of drug-likeness (QED) is 0.673. The standard InChI is InChI=1S/C11H9Cl2N3O2S/c12-8-5-4-7(14)6-9(8)19(17,18)16-11-3-1-2-10(13)15-11/h1-6H,14H2,(H,15,16). The molecule has 2 rings (SSSR count). The number of nitrogen functional groups attached to an aromatic ring is 1. The lowest BCUT2D eigenvalue weighted by molar-refractivity contribution is 0.601. The molecule has 0 saturated heterocycles. The van der Waals surface area contributed by atoms with Crippen molar-refractivity contribution in [3.8, 4) is 0 Å². The Labute approximate surface area is 120 Å². The van der Waals surface area contributed by atoms with Crippen molar-refractivity contribution in [1.82, 2.24) is 4.98 Å². The van der Waals surface area contributed by atoms with Crippen LogP contribution in [0.1, 0.15) is 0 Å². The molecule has 2 aromatic rings. The topological polar surface area (TPSA) is 85.1 Å². The van der Waals surface area contributed by atoms with Crippen molar-refractivity contribution in [3.63, 3.8) is 0 Å². The van der Waals surface area contributed by atoms with Gasteiger partial charge >= 0.3 is 0 Å². The summed E-state index contributed by atoms with van der Waals surface area (Å²) in [6.45, 7) is 0. The van der Waals surface area contributed by atoms with Crippen LogP contribution in [0.15, 0.2) is 41.3 Å². The molecule has 100 valence electrons. The molecule has 1 aromatic heterocycles. The molecule has 3 N–H and O–H groups in total. The highest BCUT2D eigenvalue weighted by atomic mass is 35.5. The Morgan fingerprint density at radius 2 is 1.89 bits per heavy atom. The minimum absolute atomic E-state index is 0.0729. The van der Waals surface area contributed by atoms with E-state index in [-0.39, 0.29) is 20.9 Å². The van der Waals surface area contributed by atoms with E-state index in [0.717, 1.165) is 0 Å². The van der Waals surface area contributed by atoms with Gasteiger partial charge in [-0.2, -0.15) is 0 Å². The van der Waals surface area contributed by atoms with Crippen LogP contribution >= 0.6 is 23.2 Å². The van der Waals surface area contributed by atoms with Crippen molar-refractivity contribution in [3.05, 3.63) is 46.6 Å². The average Bonchev–Trinajstić information content (AvgIpc) is 2.31. The lowest BCUT2D eigenvalue weighted by Crippen LogP contribution is -2.14. The summed E-state index contributed by atoms with van der Waals surface area (Å²) in [6.07, 6.45) is 0. The number of pyridine rings is 1. The molecule has 19 heavy (non-hydrogen) atoms. The van der Waals surface area contributed by atoms with E-state index in [4.69, 9.17) is 28.9 Å². The fourth-order valence-corrected chi connectivity index (χ4v) is 3.08. The number of anilines is 2. The molecule has 0 spiro atoms. The summed E-state index contributed by atoms with van der Waals surface area (Å²) >= 11 is 11.5. The van der Waals surface area contributed by atoms with Gasteiger partial charge in [-0.15, -0.1) is 0 Å². The molecule has 0 aliphatic carbocycles. The molecule has 0 unspecified atom stereocenters. The summed E-state index contributed by atoms with van der Waals surface area (Å²) in [5.41, 5.74) is 5.85. The molecule has 0 aliphatic rings. The van der Waals surface area contributed by atoms with Gasteiger partial charge < -0.3 is 5.73 Å². The second kappa shape index (κ2) is 5.24. The van der Waals surface area contributed by atoms with Crippen molar-refractivity contribution in [1.29, 1.82) is 0 Å². The fraction of sp³-hybridized carbons (Fsp3) is 0. The first-order valence-corrected chi connectivity index (χ1v) is 7.33. The number of hydrogen-bond donors (Lipinski definition) is 2. The Morgan fingerprint density at radius 3 is 2.58 bits per heavy atom. The summed E-state index contributed by atoms with van der Waals surface area (Å²) in [6, 6.07) is 8.79. The van der Waals surface area contributed by atoms with Crippen LogP contribution < -0.4 is 10.5 Å². The van der Waals surface area contributed by atoms with Crippen molar-refractivity contribution in [2.45, 2.75) is 4.90 Å². The number of nitrogens with zero attached hydrogens (tertiary/aromatic N) is 1. The highest BCUT2D eigenvalue weighted by molar-refractivity contribution is 7.92. The second-order valence-electron chi connectivity index (χ2n) is 3.64. The van der Waals surface area contributed by atoms with Crippen LogP contribution in [0.4, 0.5) is 11.5 Å². The summed E-state index contributed by atoms with van der Waals surface area (Å²) in [5, 5.41) is 0.252. The summed E-state index contributed by atoms with van der Waals surface area (Å²) < 4.78 is 26.6. The molecule has 8 heteroatoms. The van der Waals surface area contributed by atoms with E-state index in [2.05, 4.69) is 9.71 Å². The number of halogens is 2. The van der Waals surface area contributed by atoms with E-state index in [1.165, 1.54) is 30.3 Å². The van der Waals surface area contributed by atoms with E-state index in [1.807, 2.05) is 0 Å². The second-order valence-corrected chi connectivity index (χ2v) is 6.09. The van der Waals surface area contributed by atoms with Gasteiger partial charge in [-0.3, -0.25) is 4.72 Å². The normalized spacial score (nSPS) is 11.3. The van der Waals surface area contributed by atoms with Crippen LogP contribution in [-0.4, -0.2) is 13.4 Å². The molecule has 1 heterocycles. The number of nitrogens with one attached hydrogen (secondary N) is 1. The van der Waals surface area contributed by atoms with Crippen molar-refractivity contribution < 1.29 is 8.42 Å². The Morgan fingerprint density at radius 1 is 1.16 bits per heavy atom. The van der Waals surface area contributed by atoms with E-state index in [0.29, 0.717) is 5.69 Å². The SMILES string of the molecule is Nc1ccc(Cl)c(S(=O)(=O)Nc2cccc(Cl)n2)c1. The Kier molecular flexibility index (Phi) is 3.84. The van der Waals surface area contributed by atoms with Crippen molar-refractivity contribution in [2.24, 2.45) is 0 Å². The molecule has 0 aliphatic heterocycles. The third kappa shape index (κ3) is 3.28. The zero-order valence-electron chi connectivity index (χ0n) is 9.47. The van der Waals surface area contributed by atoms with Gasteiger partial charge in [0.2, 0.25) is 0 Å². The Hall–Kier alpha value is -1.50. The molecule has 0 amide bonds. The smallest absolute Gasteiger partial charge is 0.264 e. The molecule has 0 radical (unpaired) electrons. The van der Waals surface area contributed by atoms with Crippen LogP contribution in [0.25, 0.3) is 0 Å². The number of aromatic nitrogens is 1. The third-order valence-electron chi connectivity index (χ3n) is 2.20. The zero-order valence-corrected chi connectivity index (χ0v) is 11.8. The highest BCUT2D eigenvalue weighted by Crippen LogP contribution is 2.25. The molecular formula is C11H9Cl2N3O2S. The number of hydrogen-bond acceptors (Lipinski definition) is 4. The maximum atomic E-state index is 12.2. The molecule has 0 saturated carbocycles. The van der Waals surface area contributed by atoms with Crippen LogP contribution in [-0.2, 0) is 10.0 Å². The maximum absolute atomic E-state index is 12.2. The first-order valence-electron chi connectivity index (χ1n) is 5.09. The largest absolute Gasteiger partial charge is 0.399 e. The molecular weight excluding hydrogens is 309 g/mol. The van der Waals surface area contributed by atoms with Gasteiger partial charge in [0.1, 0.15) is 15.9 Å². The third-order valence-corrected chi connectivity index (χ3v) is 4.25. The van der Waals surface area contributed by atoms with Gasteiger partial charge in [0, 0.05) is 5.69 Å². The summed E-state index contributed by atoms with van der Waals surface area (Å²) in [4.78, 5) is 3.72. The lowest BCUT2D eigenvalue weighted by Gasteiger charge is -2.09. The molecule has 0 bridgehead atoms. The van der Waals surface area contributed by atoms with E-state index in [9.17, 15) is 8.42 Å². The van der Waals surface area contributed by atoms with Crippen molar-refractivity contribution >= 4 is 44.7 Å². The monoisotopic (exact) mass is 317 g/mol. The molecule has 1 aromatic carbocycles. The van der Waals surface area contributed by atoms with Gasteiger partial charge in [-0.25, -0.2) is 13.4 Å². The van der Waals surface area contributed by atoms with E-state index >= 15 is 0 Å². The van der Waals surface area contributed by atoms with Crippen LogP contribution in [0.2, 0.25) is 10.2 Å². The first kappa shape index (κ1) is 13.9. The Balaban J connectivity index is 2.40. The predicted octanol–water partition coefficient (Wildman–Crippen LogP) is 2.77. The van der Waals surface area contributed by atoms with Gasteiger partial charge in [0.15, 0.2) is 0 Å². The summed E-state index contributed by atoms with van der Waals surface area (Å²) in [7, 11) is -3.87. The number of nitrogens with two attached hydrogens (primary N) is 1. The minimum atomic E-state index is -3.87.